The molecule has 2 atom stereocenters. The van der Waals surface area contributed by atoms with E-state index in [9.17, 15) is 9.59 Å². The molecule has 3 rings (SSSR count). The fraction of sp³-hybridized carbons (Fsp3) is 0.333. The number of carbonyl (C=O) groups excluding carboxylic acids is 2. The SMILES string of the molecule is CC1CC12OC(=O)N(c1cc(Cl)cc(Cl)c1)C2=O. The van der Waals surface area contributed by atoms with Crippen LogP contribution in [0.15, 0.2) is 18.2 Å². The lowest BCUT2D eigenvalue weighted by molar-refractivity contribution is -0.124. The van der Waals surface area contributed by atoms with Gasteiger partial charge in [0.2, 0.25) is 0 Å². The van der Waals surface area contributed by atoms with Crippen molar-refractivity contribution in [3.05, 3.63) is 28.2 Å². The maximum Gasteiger partial charge on any atom is 0.422 e. The van der Waals surface area contributed by atoms with Gasteiger partial charge in [-0.15, -0.1) is 0 Å². The quantitative estimate of drug-likeness (QED) is 0.796. The van der Waals surface area contributed by atoms with E-state index in [4.69, 9.17) is 27.9 Å². The number of benzene rings is 1. The van der Waals surface area contributed by atoms with Crippen molar-refractivity contribution in [2.24, 2.45) is 5.92 Å². The highest BCUT2D eigenvalue weighted by Crippen LogP contribution is 2.52. The summed E-state index contributed by atoms with van der Waals surface area (Å²) in [7, 11) is 0. The Morgan fingerprint density at radius 1 is 1.28 bits per heavy atom. The van der Waals surface area contributed by atoms with E-state index in [2.05, 4.69) is 0 Å². The summed E-state index contributed by atoms with van der Waals surface area (Å²) in [5.74, 6) is -0.271. The van der Waals surface area contributed by atoms with E-state index in [1.165, 1.54) is 18.2 Å². The number of hydrogen-bond acceptors (Lipinski definition) is 3. The Balaban J connectivity index is 2.02. The third kappa shape index (κ3) is 1.52. The summed E-state index contributed by atoms with van der Waals surface area (Å²) in [6.07, 6.45) is -0.0924. The summed E-state index contributed by atoms with van der Waals surface area (Å²) in [4.78, 5) is 25.0. The van der Waals surface area contributed by atoms with Crippen LogP contribution in [0.2, 0.25) is 10.0 Å². The number of carbonyl (C=O) groups is 2. The van der Waals surface area contributed by atoms with E-state index in [0.717, 1.165) is 4.90 Å². The van der Waals surface area contributed by atoms with Crippen LogP contribution in [0, 0.1) is 5.92 Å². The van der Waals surface area contributed by atoms with Crippen LogP contribution in [0.4, 0.5) is 10.5 Å². The maximum atomic E-state index is 12.2. The predicted molar refractivity (Wildman–Crippen MR) is 66.9 cm³/mol. The minimum atomic E-state index is -0.953. The first-order valence-electron chi connectivity index (χ1n) is 5.48. The van der Waals surface area contributed by atoms with Crippen molar-refractivity contribution in [2.75, 3.05) is 4.90 Å². The lowest BCUT2D eigenvalue weighted by atomic mass is 10.2. The molecule has 0 N–H and O–H groups in total. The molecular formula is C12H9Cl2NO3. The van der Waals surface area contributed by atoms with Crippen molar-refractivity contribution >= 4 is 40.9 Å². The predicted octanol–water partition coefficient (Wildman–Crippen LogP) is 3.26. The molecule has 1 aliphatic carbocycles. The van der Waals surface area contributed by atoms with Gasteiger partial charge in [-0.25, -0.2) is 9.69 Å². The molecule has 1 aliphatic heterocycles. The minimum Gasteiger partial charge on any atom is -0.432 e. The molecule has 1 spiro atoms. The Kier molecular flexibility index (Phi) is 2.37. The molecule has 6 heteroatoms. The van der Waals surface area contributed by atoms with Gasteiger partial charge in [0.05, 0.1) is 5.69 Å². The van der Waals surface area contributed by atoms with E-state index in [1.807, 2.05) is 6.92 Å². The topological polar surface area (TPSA) is 46.6 Å². The third-order valence-corrected chi connectivity index (χ3v) is 3.80. The van der Waals surface area contributed by atoms with Crippen LogP contribution in [0.3, 0.4) is 0 Å². The molecule has 94 valence electrons. The maximum absolute atomic E-state index is 12.2. The normalized spacial score (nSPS) is 29.9. The van der Waals surface area contributed by atoms with Gasteiger partial charge in [-0.3, -0.25) is 4.79 Å². The zero-order valence-corrected chi connectivity index (χ0v) is 11.0. The number of ether oxygens (including phenoxy) is 1. The van der Waals surface area contributed by atoms with Gasteiger partial charge in [0, 0.05) is 22.4 Å². The standard InChI is InChI=1S/C12H9Cl2NO3/c1-6-5-12(6)10(16)15(11(17)18-12)9-3-7(13)2-8(14)4-9/h2-4,6H,5H2,1H3. The van der Waals surface area contributed by atoms with Crippen molar-refractivity contribution in [1.82, 2.24) is 0 Å². The zero-order valence-electron chi connectivity index (χ0n) is 9.44. The van der Waals surface area contributed by atoms with Gasteiger partial charge in [-0.2, -0.15) is 0 Å². The van der Waals surface area contributed by atoms with Gasteiger partial charge in [0.15, 0.2) is 5.60 Å². The average Bonchev–Trinajstić information content (AvgIpc) is 2.80. The van der Waals surface area contributed by atoms with Crippen LogP contribution in [-0.2, 0) is 9.53 Å². The molecule has 0 radical (unpaired) electrons. The molecule has 0 aromatic heterocycles. The molecule has 18 heavy (non-hydrogen) atoms. The number of halogens is 2. The van der Waals surface area contributed by atoms with Crippen LogP contribution in [0.25, 0.3) is 0 Å². The van der Waals surface area contributed by atoms with E-state index < -0.39 is 11.7 Å². The molecule has 1 heterocycles. The highest BCUT2D eigenvalue weighted by Gasteiger charge is 2.68. The smallest absolute Gasteiger partial charge is 0.422 e. The Bertz CT molecular complexity index is 554. The fourth-order valence-corrected chi connectivity index (χ4v) is 2.76. The number of rotatable bonds is 1. The van der Waals surface area contributed by atoms with Crippen molar-refractivity contribution in [3.63, 3.8) is 0 Å². The Labute approximate surface area is 113 Å². The van der Waals surface area contributed by atoms with E-state index in [0.29, 0.717) is 22.2 Å². The molecular weight excluding hydrogens is 277 g/mol. The van der Waals surface area contributed by atoms with Crippen LogP contribution >= 0.6 is 23.2 Å². The summed E-state index contributed by atoms with van der Waals surface area (Å²) >= 11 is 11.7. The Hall–Kier alpha value is -1.26. The number of amides is 2. The van der Waals surface area contributed by atoms with E-state index in [1.54, 1.807) is 0 Å². The van der Waals surface area contributed by atoms with Gasteiger partial charge < -0.3 is 4.74 Å². The van der Waals surface area contributed by atoms with Gasteiger partial charge in [0.25, 0.3) is 5.91 Å². The van der Waals surface area contributed by atoms with Crippen LogP contribution < -0.4 is 4.90 Å². The fourth-order valence-electron chi connectivity index (χ4n) is 2.24. The molecule has 0 bridgehead atoms. The molecule has 1 saturated carbocycles. The summed E-state index contributed by atoms with van der Waals surface area (Å²) in [6.45, 7) is 1.87. The van der Waals surface area contributed by atoms with E-state index in [-0.39, 0.29) is 11.8 Å². The number of anilines is 1. The third-order valence-electron chi connectivity index (χ3n) is 3.37. The summed E-state index contributed by atoms with van der Waals surface area (Å²) in [5.41, 5.74) is -0.607. The van der Waals surface area contributed by atoms with Crippen molar-refractivity contribution < 1.29 is 14.3 Å². The molecule has 2 unspecified atom stereocenters. The lowest BCUT2D eigenvalue weighted by Gasteiger charge is -2.11. The number of imide groups is 1. The highest BCUT2D eigenvalue weighted by molar-refractivity contribution is 6.35. The molecule has 2 amide bonds. The number of hydrogen-bond donors (Lipinski definition) is 0. The second-order valence-electron chi connectivity index (χ2n) is 4.63. The Morgan fingerprint density at radius 3 is 2.28 bits per heavy atom. The molecule has 2 aliphatic rings. The second kappa shape index (κ2) is 3.62. The van der Waals surface area contributed by atoms with Gasteiger partial charge >= 0.3 is 6.09 Å². The summed E-state index contributed by atoms with van der Waals surface area (Å²) in [6, 6.07) is 4.56. The summed E-state index contributed by atoms with van der Waals surface area (Å²) in [5, 5.41) is 0.728. The second-order valence-corrected chi connectivity index (χ2v) is 5.50. The van der Waals surface area contributed by atoms with Crippen LogP contribution in [0.5, 0.6) is 0 Å². The van der Waals surface area contributed by atoms with Gasteiger partial charge in [-0.1, -0.05) is 30.1 Å². The molecule has 1 aromatic carbocycles. The lowest BCUT2D eigenvalue weighted by Crippen LogP contribution is -2.32. The van der Waals surface area contributed by atoms with Gasteiger partial charge in [0.1, 0.15) is 0 Å². The van der Waals surface area contributed by atoms with Crippen LogP contribution in [-0.4, -0.2) is 17.6 Å². The molecule has 2 fully saturated rings. The zero-order chi connectivity index (χ0) is 13.1. The highest BCUT2D eigenvalue weighted by atomic mass is 35.5. The first-order valence-corrected chi connectivity index (χ1v) is 6.23. The summed E-state index contributed by atoms with van der Waals surface area (Å²) < 4.78 is 5.18. The first kappa shape index (κ1) is 11.8. The average molecular weight is 286 g/mol. The minimum absolute atomic E-state index is 0.0635. The van der Waals surface area contributed by atoms with E-state index >= 15 is 0 Å². The van der Waals surface area contributed by atoms with Gasteiger partial charge in [-0.05, 0) is 18.2 Å². The van der Waals surface area contributed by atoms with Crippen molar-refractivity contribution in [2.45, 2.75) is 18.9 Å². The first-order chi connectivity index (χ1) is 8.44. The van der Waals surface area contributed by atoms with Crippen molar-refractivity contribution in [1.29, 1.82) is 0 Å². The molecule has 4 nitrogen and oxygen atoms in total. The monoisotopic (exact) mass is 285 g/mol. The number of nitrogens with zero attached hydrogens (tertiary/aromatic N) is 1. The Morgan fingerprint density at radius 2 is 1.83 bits per heavy atom. The largest absolute Gasteiger partial charge is 0.432 e. The van der Waals surface area contributed by atoms with Crippen LogP contribution in [0.1, 0.15) is 13.3 Å². The molecule has 1 aromatic rings. The van der Waals surface area contributed by atoms with Crippen molar-refractivity contribution in [3.8, 4) is 0 Å². The molecule has 1 saturated heterocycles.